The fraction of sp³-hybridized carbons (Fsp3) is 0.714. The second-order valence-corrected chi connectivity index (χ2v) is 6.95. The van der Waals surface area contributed by atoms with E-state index in [1.54, 1.807) is 11.3 Å². The van der Waals surface area contributed by atoms with Gasteiger partial charge in [0.2, 0.25) is 0 Å². The van der Waals surface area contributed by atoms with Crippen LogP contribution in [-0.4, -0.2) is 17.3 Å². The van der Waals surface area contributed by atoms with Gasteiger partial charge in [0.15, 0.2) is 0 Å². The Morgan fingerprint density at radius 1 is 1.50 bits per heavy atom. The standard InChI is InChI=1S/C14H22ClNOS/c1-3-14(17,4-2)9-16-11-6-5-7-12-10(11)8-13(15)18-12/h8,11,16-17H,3-7,9H2,1-2H3. The first-order valence-electron chi connectivity index (χ1n) is 6.82. The first-order valence-corrected chi connectivity index (χ1v) is 8.01. The molecule has 1 aliphatic carbocycles. The molecule has 102 valence electrons. The summed E-state index contributed by atoms with van der Waals surface area (Å²) in [6.45, 7) is 4.75. The van der Waals surface area contributed by atoms with Crippen LogP contribution in [0, 0.1) is 0 Å². The number of fused-ring (bicyclic) bond motifs is 1. The van der Waals surface area contributed by atoms with Crippen LogP contribution in [0.25, 0.3) is 0 Å². The highest BCUT2D eigenvalue weighted by Crippen LogP contribution is 2.38. The van der Waals surface area contributed by atoms with Gasteiger partial charge in [0.1, 0.15) is 0 Å². The summed E-state index contributed by atoms with van der Waals surface area (Å²) in [7, 11) is 0. The Kier molecular flexibility index (Phi) is 4.70. The van der Waals surface area contributed by atoms with Crippen LogP contribution in [0.5, 0.6) is 0 Å². The number of hydrogen-bond acceptors (Lipinski definition) is 3. The molecular formula is C14H22ClNOS. The third-order valence-corrected chi connectivity index (χ3v) is 5.42. The van der Waals surface area contributed by atoms with Crippen molar-refractivity contribution in [3.8, 4) is 0 Å². The topological polar surface area (TPSA) is 32.3 Å². The zero-order chi connectivity index (χ0) is 13.2. The maximum atomic E-state index is 10.3. The van der Waals surface area contributed by atoms with Crippen molar-refractivity contribution in [2.75, 3.05) is 6.54 Å². The van der Waals surface area contributed by atoms with Crippen molar-refractivity contribution in [1.82, 2.24) is 5.32 Å². The van der Waals surface area contributed by atoms with E-state index in [0.717, 1.165) is 30.0 Å². The summed E-state index contributed by atoms with van der Waals surface area (Å²) in [5.41, 5.74) is 0.781. The fourth-order valence-corrected chi connectivity index (χ4v) is 3.93. The van der Waals surface area contributed by atoms with E-state index in [-0.39, 0.29) is 0 Å². The molecule has 1 atom stereocenters. The van der Waals surface area contributed by atoms with Crippen LogP contribution in [-0.2, 0) is 6.42 Å². The van der Waals surface area contributed by atoms with Crippen molar-refractivity contribution in [3.05, 3.63) is 20.8 Å². The predicted molar refractivity (Wildman–Crippen MR) is 78.5 cm³/mol. The third kappa shape index (κ3) is 3.08. The summed E-state index contributed by atoms with van der Waals surface area (Å²) in [4.78, 5) is 1.42. The van der Waals surface area contributed by atoms with E-state index in [4.69, 9.17) is 11.6 Å². The lowest BCUT2D eigenvalue weighted by Crippen LogP contribution is -2.41. The maximum absolute atomic E-state index is 10.3. The van der Waals surface area contributed by atoms with Gasteiger partial charge < -0.3 is 10.4 Å². The Morgan fingerprint density at radius 2 is 2.22 bits per heavy atom. The van der Waals surface area contributed by atoms with Crippen molar-refractivity contribution in [3.63, 3.8) is 0 Å². The first-order chi connectivity index (χ1) is 8.58. The largest absolute Gasteiger partial charge is 0.389 e. The summed E-state index contributed by atoms with van der Waals surface area (Å²) >= 11 is 7.80. The molecule has 0 bridgehead atoms. The van der Waals surface area contributed by atoms with Crippen LogP contribution in [0.15, 0.2) is 6.07 Å². The van der Waals surface area contributed by atoms with E-state index in [0.29, 0.717) is 12.6 Å². The zero-order valence-electron chi connectivity index (χ0n) is 11.1. The number of thiophene rings is 1. The molecule has 2 nitrogen and oxygen atoms in total. The summed E-state index contributed by atoms with van der Waals surface area (Å²) in [5.74, 6) is 0. The van der Waals surface area contributed by atoms with Gasteiger partial charge in [-0.2, -0.15) is 0 Å². The molecule has 0 fully saturated rings. The molecule has 0 saturated carbocycles. The van der Waals surface area contributed by atoms with Crippen molar-refractivity contribution < 1.29 is 5.11 Å². The zero-order valence-corrected chi connectivity index (χ0v) is 12.7. The van der Waals surface area contributed by atoms with Crippen LogP contribution in [0.4, 0.5) is 0 Å². The van der Waals surface area contributed by atoms with Gasteiger partial charge in [0, 0.05) is 17.5 Å². The molecule has 1 aromatic heterocycles. The van der Waals surface area contributed by atoms with Gasteiger partial charge >= 0.3 is 0 Å². The Hall–Kier alpha value is -0.0900. The monoisotopic (exact) mass is 287 g/mol. The number of aryl methyl sites for hydroxylation is 1. The number of rotatable bonds is 5. The Bertz CT molecular complexity index is 400. The normalized spacial score (nSPS) is 19.9. The molecular weight excluding hydrogens is 266 g/mol. The van der Waals surface area contributed by atoms with E-state index in [2.05, 4.69) is 11.4 Å². The van der Waals surface area contributed by atoms with Crippen LogP contribution in [0.3, 0.4) is 0 Å². The molecule has 2 rings (SSSR count). The lowest BCUT2D eigenvalue weighted by Gasteiger charge is -2.30. The van der Waals surface area contributed by atoms with E-state index >= 15 is 0 Å². The van der Waals surface area contributed by atoms with Gasteiger partial charge in [-0.3, -0.25) is 0 Å². The molecule has 1 heterocycles. The summed E-state index contributed by atoms with van der Waals surface area (Å²) < 4.78 is 0.884. The lowest BCUT2D eigenvalue weighted by molar-refractivity contribution is 0.0293. The van der Waals surface area contributed by atoms with Crippen LogP contribution < -0.4 is 5.32 Å². The van der Waals surface area contributed by atoms with Gasteiger partial charge in [-0.25, -0.2) is 0 Å². The number of halogens is 1. The van der Waals surface area contributed by atoms with E-state index in [1.807, 2.05) is 13.8 Å². The molecule has 0 saturated heterocycles. The Morgan fingerprint density at radius 3 is 2.89 bits per heavy atom. The molecule has 0 aliphatic heterocycles. The highest BCUT2D eigenvalue weighted by atomic mass is 35.5. The lowest BCUT2D eigenvalue weighted by atomic mass is 9.92. The van der Waals surface area contributed by atoms with Crippen molar-refractivity contribution >= 4 is 22.9 Å². The van der Waals surface area contributed by atoms with Gasteiger partial charge in [-0.05, 0) is 43.7 Å². The SMILES string of the molecule is CCC(O)(CC)CNC1CCCc2sc(Cl)cc21. The second-order valence-electron chi connectivity index (χ2n) is 5.19. The molecule has 18 heavy (non-hydrogen) atoms. The van der Waals surface area contributed by atoms with E-state index in [1.165, 1.54) is 16.9 Å². The number of aliphatic hydroxyl groups is 1. The molecule has 1 aliphatic rings. The van der Waals surface area contributed by atoms with Crippen LogP contribution in [0.2, 0.25) is 4.34 Å². The van der Waals surface area contributed by atoms with Crippen LogP contribution >= 0.6 is 22.9 Å². The van der Waals surface area contributed by atoms with Crippen molar-refractivity contribution in [2.45, 2.75) is 57.6 Å². The van der Waals surface area contributed by atoms with Crippen molar-refractivity contribution in [2.24, 2.45) is 0 Å². The van der Waals surface area contributed by atoms with E-state index in [9.17, 15) is 5.11 Å². The highest BCUT2D eigenvalue weighted by molar-refractivity contribution is 7.16. The maximum Gasteiger partial charge on any atom is 0.0934 e. The quantitative estimate of drug-likeness (QED) is 0.860. The minimum Gasteiger partial charge on any atom is -0.389 e. The molecule has 0 spiro atoms. The molecule has 1 aromatic rings. The van der Waals surface area contributed by atoms with Crippen LogP contribution in [0.1, 0.15) is 56.0 Å². The third-order valence-electron chi connectivity index (χ3n) is 4.08. The van der Waals surface area contributed by atoms with Gasteiger partial charge in [-0.15, -0.1) is 11.3 Å². The smallest absolute Gasteiger partial charge is 0.0934 e. The van der Waals surface area contributed by atoms with Gasteiger partial charge in [0.25, 0.3) is 0 Å². The highest BCUT2D eigenvalue weighted by Gasteiger charge is 2.27. The van der Waals surface area contributed by atoms with E-state index < -0.39 is 5.60 Å². The molecule has 2 N–H and O–H groups in total. The minimum absolute atomic E-state index is 0.363. The van der Waals surface area contributed by atoms with Gasteiger partial charge in [0.05, 0.1) is 9.94 Å². The number of nitrogens with one attached hydrogen (secondary N) is 1. The molecule has 0 amide bonds. The fourth-order valence-electron chi connectivity index (χ4n) is 2.55. The minimum atomic E-state index is -0.572. The molecule has 0 radical (unpaired) electrons. The average Bonchev–Trinajstić information content (AvgIpc) is 2.76. The second kappa shape index (κ2) is 5.91. The Balaban J connectivity index is 2.03. The molecule has 4 heteroatoms. The van der Waals surface area contributed by atoms with Gasteiger partial charge in [-0.1, -0.05) is 25.4 Å². The molecule has 1 unspecified atom stereocenters. The first kappa shape index (κ1) is 14.3. The summed E-state index contributed by atoms with van der Waals surface area (Å²) in [5, 5.41) is 13.9. The average molecular weight is 288 g/mol. The predicted octanol–water partition coefficient (Wildman–Crippen LogP) is 3.92. The number of hydrogen-bond donors (Lipinski definition) is 2. The molecule has 0 aromatic carbocycles. The summed E-state index contributed by atoms with van der Waals surface area (Å²) in [6.07, 6.45) is 5.08. The Labute approximate surface area is 118 Å². The van der Waals surface area contributed by atoms with Crippen molar-refractivity contribution in [1.29, 1.82) is 0 Å². The summed E-state index contributed by atoms with van der Waals surface area (Å²) in [6, 6.07) is 2.46.